The summed E-state index contributed by atoms with van der Waals surface area (Å²) in [7, 11) is 0. The van der Waals surface area contributed by atoms with Crippen LogP contribution in [0.15, 0.2) is 24.4 Å². The predicted molar refractivity (Wildman–Crippen MR) is 74.1 cm³/mol. The molecule has 2 aromatic rings. The van der Waals surface area contributed by atoms with Crippen molar-refractivity contribution in [3.8, 4) is 17.7 Å². The monoisotopic (exact) mass is 253 g/mol. The van der Waals surface area contributed by atoms with Crippen LogP contribution >= 0.6 is 0 Å². The molecule has 0 aliphatic heterocycles. The first kappa shape index (κ1) is 12.9. The van der Waals surface area contributed by atoms with E-state index in [2.05, 4.69) is 11.1 Å². The summed E-state index contributed by atoms with van der Waals surface area (Å²) in [6.07, 6.45) is 1.58. The van der Waals surface area contributed by atoms with Crippen LogP contribution in [-0.4, -0.2) is 4.98 Å². The van der Waals surface area contributed by atoms with Gasteiger partial charge in [-0.05, 0) is 49.6 Å². The molecular weight excluding hydrogens is 238 g/mol. The Labute approximate surface area is 112 Å². The molecule has 0 aliphatic carbocycles. The zero-order valence-corrected chi connectivity index (χ0v) is 11.2. The summed E-state index contributed by atoms with van der Waals surface area (Å²) in [5.74, 6) is 1.23. The van der Waals surface area contributed by atoms with Crippen LogP contribution in [-0.2, 0) is 0 Å². The number of rotatable bonds is 2. The molecule has 0 amide bonds. The molecule has 4 nitrogen and oxygen atoms in total. The number of benzene rings is 1. The van der Waals surface area contributed by atoms with Crippen molar-refractivity contribution in [2.75, 3.05) is 5.73 Å². The summed E-state index contributed by atoms with van der Waals surface area (Å²) < 4.78 is 5.80. The van der Waals surface area contributed by atoms with Crippen molar-refractivity contribution in [1.82, 2.24) is 4.98 Å². The number of pyridine rings is 1. The summed E-state index contributed by atoms with van der Waals surface area (Å²) in [5, 5.41) is 8.92. The zero-order valence-electron chi connectivity index (χ0n) is 11.2. The van der Waals surface area contributed by atoms with Crippen molar-refractivity contribution in [2.45, 2.75) is 20.8 Å². The lowest BCUT2D eigenvalue weighted by Crippen LogP contribution is -1.97. The first-order valence-corrected chi connectivity index (χ1v) is 5.92. The molecule has 2 N–H and O–H groups in total. The highest BCUT2D eigenvalue weighted by Gasteiger charge is 2.09. The molecule has 0 saturated heterocycles. The molecule has 0 fully saturated rings. The van der Waals surface area contributed by atoms with Crippen molar-refractivity contribution < 1.29 is 4.74 Å². The van der Waals surface area contributed by atoms with Crippen LogP contribution in [0, 0.1) is 32.1 Å². The van der Waals surface area contributed by atoms with E-state index in [0.717, 1.165) is 22.4 Å². The van der Waals surface area contributed by atoms with Crippen LogP contribution in [0.3, 0.4) is 0 Å². The molecule has 0 spiro atoms. The Bertz CT molecular complexity index is 649. The highest BCUT2D eigenvalue weighted by molar-refractivity contribution is 5.50. The fourth-order valence-electron chi connectivity index (χ4n) is 1.88. The third-order valence-electron chi connectivity index (χ3n) is 2.92. The van der Waals surface area contributed by atoms with Crippen LogP contribution in [0.1, 0.15) is 22.3 Å². The molecule has 0 atom stereocenters. The molecular formula is C15H15N3O. The summed E-state index contributed by atoms with van der Waals surface area (Å²) in [6.45, 7) is 5.73. The van der Waals surface area contributed by atoms with E-state index in [1.54, 1.807) is 24.4 Å². The van der Waals surface area contributed by atoms with Crippen LogP contribution in [0.2, 0.25) is 0 Å². The third kappa shape index (κ3) is 2.66. The smallest absolute Gasteiger partial charge is 0.219 e. The quantitative estimate of drug-likeness (QED) is 0.891. The minimum absolute atomic E-state index is 0.502. The number of nitrogen functional groups attached to an aromatic ring is 1. The molecule has 1 aromatic carbocycles. The predicted octanol–water partition coefficient (Wildman–Crippen LogP) is 3.25. The Hall–Kier alpha value is -2.54. The number of ether oxygens (including phenoxy) is 1. The van der Waals surface area contributed by atoms with Gasteiger partial charge in [0.2, 0.25) is 5.88 Å². The molecule has 19 heavy (non-hydrogen) atoms. The van der Waals surface area contributed by atoms with E-state index in [9.17, 15) is 0 Å². The minimum Gasteiger partial charge on any atom is -0.438 e. The second-order valence-corrected chi connectivity index (χ2v) is 4.53. The van der Waals surface area contributed by atoms with Gasteiger partial charge in [0.1, 0.15) is 5.75 Å². The van der Waals surface area contributed by atoms with Gasteiger partial charge in [0.05, 0.1) is 23.5 Å². The lowest BCUT2D eigenvalue weighted by atomic mass is 10.1. The van der Waals surface area contributed by atoms with Gasteiger partial charge in [-0.25, -0.2) is 4.98 Å². The van der Waals surface area contributed by atoms with E-state index in [0.29, 0.717) is 17.1 Å². The Morgan fingerprint density at radius 1 is 1.11 bits per heavy atom. The van der Waals surface area contributed by atoms with Gasteiger partial charge < -0.3 is 10.5 Å². The number of hydrogen-bond acceptors (Lipinski definition) is 4. The maximum atomic E-state index is 8.92. The SMILES string of the molecule is Cc1cc(Oc2c(C)cc(C#N)cc2C)ncc1N. The highest BCUT2D eigenvalue weighted by atomic mass is 16.5. The molecule has 2 rings (SSSR count). The molecule has 0 saturated carbocycles. The van der Waals surface area contributed by atoms with Crippen LogP contribution in [0.25, 0.3) is 0 Å². The Balaban J connectivity index is 2.38. The Morgan fingerprint density at radius 2 is 1.74 bits per heavy atom. The largest absolute Gasteiger partial charge is 0.438 e. The van der Waals surface area contributed by atoms with Crippen LogP contribution < -0.4 is 10.5 Å². The first-order chi connectivity index (χ1) is 9.01. The van der Waals surface area contributed by atoms with Crippen molar-refractivity contribution in [1.29, 1.82) is 5.26 Å². The van der Waals surface area contributed by atoms with E-state index in [-0.39, 0.29) is 0 Å². The molecule has 96 valence electrons. The fraction of sp³-hybridized carbons (Fsp3) is 0.200. The standard InChI is InChI=1S/C15H15N3O/c1-9-6-14(18-8-13(9)17)19-15-10(2)4-12(7-16)5-11(15)3/h4-6,8H,17H2,1-3H3. The van der Waals surface area contributed by atoms with E-state index in [1.807, 2.05) is 20.8 Å². The average Bonchev–Trinajstić information content (AvgIpc) is 2.37. The summed E-state index contributed by atoms with van der Waals surface area (Å²) in [5.41, 5.74) is 9.74. The number of hydrogen-bond donors (Lipinski definition) is 1. The second kappa shape index (κ2) is 4.99. The zero-order chi connectivity index (χ0) is 14.0. The number of nitrogens with two attached hydrogens (primary N) is 1. The van der Waals surface area contributed by atoms with Gasteiger partial charge in [0, 0.05) is 6.07 Å². The van der Waals surface area contributed by atoms with Crippen molar-refractivity contribution >= 4 is 5.69 Å². The molecule has 1 aromatic heterocycles. The van der Waals surface area contributed by atoms with Gasteiger partial charge in [-0.2, -0.15) is 5.26 Å². The van der Waals surface area contributed by atoms with Gasteiger partial charge in [0.25, 0.3) is 0 Å². The normalized spacial score (nSPS) is 10.0. The number of nitrogens with zero attached hydrogens (tertiary/aromatic N) is 2. The Kier molecular flexibility index (Phi) is 3.39. The van der Waals surface area contributed by atoms with Gasteiger partial charge in [-0.1, -0.05) is 0 Å². The van der Waals surface area contributed by atoms with Gasteiger partial charge in [-0.15, -0.1) is 0 Å². The highest BCUT2D eigenvalue weighted by Crippen LogP contribution is 2.29. The molecule has 4 heteroatoms. The fourth-order valence-corrected chi connectivity index (χ4v) is 1.88. The van der Waals surface area contributed by atoms with Crippen molar-refractivity contribution in [3.05, 3.63) is 46.6 Å². The van der Waals surface area contributed by atoms with E-state index < -0.39 is 0 Å². The summed E-state index contributed by atoms with van der Waals surface area (Å²) >= 11 is 0. The van der Waals surface area contributed by atoms with Gasteiger partial charge >= 0.3 is 0 Å². The maximum absolute atomic E-state index is 8.92. The first-order valence-electron chi connectivity index (χ1n) is 5.92. The summed E-state index contributed by atoms with van der Waals surface area (Å²) in [4.78, 5) is 4.15. The molecule has 0 aliphatic rings. The van der Waals surface area contributed by atoms with E-state index >= 15 is 0 Å². The summed E-state index contributed by atoms with van der Waals surface area (Å²) in [6, 6.07) is 7.52. The third-order valence-corrected chi connectivity index (χ3v) is 2.92. The van der Waals surface area contributed by atoms with E-state index in [1.165, 1.54) is 0 Å². The maximum Gasteiger partial charge on any atom is 0.219 e. The number of anilines is 1. The average molecular weight is 253 g/mol. The Morgan fingerprint density at radius 3 is 2.26 bits per heavy atom. The minimum atomic E-state index is 0.502. The number of aromatic nitrogens is 1. The molecule has 0 unspecified atom stereocenters. The van der Waals surface area contributed by atoms with Crippen LogP contribution in [0.5, 0.6) is 11.6 Å². The number of nitriles is 1. The van der Waals surface area contributed by atoms with Crippen LogP contribution in [0.4, 0.5) is 5.69 Å². The number of aryl methyl sites for hydroxylation is 3. The lowest BCUT2D eigenvalue weighted by molar-refractivity contribution is 0.455. The van der Waals surface area contributed by atoms with Crippen molar-refractivity contribution in [3.63, 3.8) is 0 Å². The van der Waals surface area contributed by atoms with Crippen molar-refractivity contribution in [2.24, 2.45) is 0 Å². The lowest BCUT2D eigenvalue weighted by Gasteiger charge is -2.12. The molecule has 0 radical (unpaired) electrons. The van der Waals surface area contributed by atoms with Gasteiger partial charge in [-0.3, -0.25) is 0 Å². The second-order valence-electron chi connectivity index (χ2n) is 4.53. The topological polar surface area (TPSA) is 71.9 Å². The molecule has 1 heterocycles. The molecule has 0 bridgehead atoms. The van der Waals surface area contributed by atoms with E-state index in [4.69, 9.17) is 15.7 Å². The van der Waals surface area contributed by atoms with Gasteiger partial charge in [0.15, 0.2) is 0 Å².